The standard InChI is InChI=1S/C12H14BrNO2/c13-12-6-10(4-3-9(12)8-15)14-5-1-2-11(16)7-14/h3-4,6,8,11,16H,1-2,5,7H2. The van der Waals surface area contributed by atoms with Gasteiger partial charge in [-0.05, 0) is 47.0 Å². The Morgan fingerprint density at radius 1 is 1.50 bits per heavy atom. The molecule has 1 N–H and O–H groups in total. The van der Waals surface area contributed by atoms with E-state index in [9.17, 15) is 9.90 Å². The highest BCUT2D eigenvalue weighted by Gasteiger charge is 2.18. The molecule has 1 saturated heterocycles. The Kier molecular flexibility index (Phi) is 3.61. The normalized spacial score (nSPS) is 20.9. The van der Waals surface area contributed by atoms with Gasteiger partial charge in [0.1, 0.15) is 0 Å². The van der Waals surface area contributed by atoms with Gasteiger partial charge in [-0.15, -0.1) is 0 Å². The molecular formula is C12H14BrNO2. The highest BCUT2D eigenvalue weighted by molar-refractivity contribution is 9.10. The van der Waals surface area contributed by atoms with Gasteiger partial charge >= 0.3 is 0 Å². The second-order valence-corrected chi connectivity index (χ2v) is 4.92. The summed E-state index contributed by atoms with van der Waals surface area (Å²) in [6, 6.07) is 5.65. The third kappa shape index (κ3) is 2.44. The molecule has 4 heteroatoms. The molecule has 3 nitrogen and oxygen atoms in total. The van der Waals surface area contributed by atoms with Crippen LogP contribution in [-0.2, 0) is 0 Å². The lowest BCUT2D eigenvalue weighted by atomic mass is 10.1. The molecule has 0 spiro atoms. The number of nitrogens with zero attached hydrogens (tertiary/aromatic N) is 1. The zero-order valence-electron chi connectivity index (χ0n) is 8.90. The zero-order chi connectivity index (χ0) is 11.5. The average Bonchev–Trinajstić information content (AvgIpc) is 2.29. The van der Waals surface area contributed by atoms with Gasteiger partial charge in [-0.25, -0.2) is 0 Å². The van der Waals surface area contributed by atoms with Crippen molar-refractivity contribution >= 4 is 27.9 Å². The van der Waals surface area contributed by atoms with E-state index in [2.05, 4.69) is 20.8 Å². The van der Waals surface area contributed by atoms with E-state index in [1.54, 1.807) is 6.07 Å². The first kappa shape index (κ1) is 11.6. The second-order valence-electron chi connectivity index (χ2n) is 4.07. The Hall–Kier alpha value is -0.870. The number of anilines is 1. The number of carbonyl (C=O) groups excluding carboxylic acids is 1. The molecule has 0 radical (unpaired) electrons. The summed E-state index contributed by atoms with van der Waals surface area (Å²) in [4.78, 5) is 12.8. The largest absolute Gasteiger partial charge is 0.391 e. The molecule has 1 aromatic carbocycles. The lowest BCUT2D eigenvalue weighted by Gasteiger charge is -2.32. The first-order chi connectivity index (χ1) is 7.70. The molecule has 86 valence electrons. The number of aliphatic hydroxyl groups is 1. The fraction of sp³-hybridized carbons (Fsp3) is 0.417. The third-order valence-corrected chi connectivity index (χ3v) is 3.56. The van der Waals surface area contributed by atoms with Crippen LogP contribution in [0.15, 0.2) is 22.7 Å². The van der Waals surface area contributed by atoms with Crippen LogP contribution >= 0.6 is 15.9 Å². The number of hydrogen-bond acceptors (Lipinski definition) is 3. The van der Waals surface area contributed by atoms with Gasteiger partial charge in [-0.3, -0.25) is 4.79 Å². The maximum absolute atomic E-state index is 10.7. The summed E-state index contributed by atoms with van der Waals surface area (Å²) in [5, 5.41) is 9.60. The van der Waals surface area contributed by atoms with Crippen LogP contribution in [0.4, 0.5) is 5.69 Å². The highest BCUT2D eigenvalue weighted by atomic mass is 79.9. The highest BCUT2D eigenvalue weighted by Crippen LogP contribution is 2.25. The molecule has 0 amide bonds. The number of β-amino-alcohol motifs (C(OH)–C–C–N with tert-alkyl or cyclic N) is 1. The number of rotatable bonds is 2. The Balaban J connectivity index is 2.20. The summed E-state index contributed by atoms with van der Waals surface area (Å²) < 4.78 is 0.806. The van der Waals surface area contributed by atoms with Crippen LogP contribution < -0.4 is 4.90 Å². The molecule has 0 bridgehead atoms. The van der Waals surface area contributed by atoms with E-state index in [0.29, 0.717) is 12.1 Å². The second kappa shape index (κ2) is 4.97. The van der Waals surface area contributed by atoms with Crippen LogP contribution in [0.1, 0.15) is 23.2 Å². The summed E-state index contributed by atoms with van der Waals surface area (Å²) in [7, 11) is 0. The van der Waals surface area contributed by atoms with E-state index in [1.165, 1.54) is 0 Å². The molecule has 1 heterocycles. The predicted octanol–water partition coefficient (Wildman–Crippen LogP) is 2.22. The molecule has 1 aliphatic heterocycles. The summed E-state index contributed by atoms with van der Waals surface area (Å²) in [5.41, 5.74) is 1.71. The average molecular weight is 284 g/mol. The quantitative estimate of drug-likeness (QED) is 0.847. The van der Waals surface area contributed by atoms with Crippen molar-refractivity contribution in [3.8, 4) is 0 Å². The minimum Gasteiger partial charge on any atom is -0.391 e. The van der Waals surface area contributed by atoms with Crippen LogP contribution in [0.5, 0.6) is 0 Å². The lowest BCUT2D eigenvalue weighted by molar-refractivity contribution is 0.112. The number of hydrogen-bond donors (Lipinski definition) is 1. The Labute approximate surface area is 103 Å². The van der Waals surface area contributed by atoms with E-state index in [1.807, 2.05) is 12.1 Å². The molecular weight excluding hydrogens is 270 g/mol. The first-order valence-corrected chi connectivity index (χ1v) is 6.18. The van der Waals surface area contributed by atoms with Crippen molar-refractivity contribution in [3.63, 3.8) is 0 Å². The van der Waals surface area contributed by atoms with E-state index in [4.69, 9.17) is 0 Å². The molecule has 1 atom stereocenters. The van der Waals surface area contributed by atoms with Crippen molar-refractivity contribution in [2.24, 2.45) is 0 Å². The van der Waals surface area contributed by atoms with Crippen LogP contribution in [0.25, 0.3) is 0 Å². The van der Waals surface area contributed by atoms with E-state index >= 15 is 0 Å². The van der Waals surface area contributed by atoms with Gasteiger partial charge in [0.25, 0.3) is 0 Å². The van der Waals surface area contributed by atoms with Gasteiger partial charge in [0.05, 0.1) is 6.10 Å². The van der Waals surface area contributed by atoms with Gasteiger partial charge < -0.3 is 10.0 Å². The van der Waals surface area contributed by atoms with Gasteiger partial charge in [0, 0.05) is 28.8 Å². The summed E-state index contributed by atoms with van der Waals surface area (Å²) in [5.74, 6) is 0. The number of carbonyl (C=O) groups is 1. The lowest BCUT2D eigenvalue weighted by Crippen LogP contribution is -2.38. The topological polar surface area (TPSA) is 40.5 Å². The molecule has 0 aromatic heterocycles. The van der Waals surface area contributed by atoms with Gasteiger partial charge in [0.15, 0.2) is 6.29 Å². The summed E-state index contributed by atoms with van der Waals surface area (Å²) in [6.45, 7) is 1.64. The number of aliphatic hydroxyl groups excluding tert-OH is 1. The van der Waals surface area contributed by atoms with Gasteiger partial charge in [-0.1, -0.05) is 0 Å². The monoisotopic (exact) mass is 283 g/mol. The van der Waals surface area contributed by atoms with Crippen molar-refractivity contribution < 1.29 is 9.90 Å². The smallest absolute Gasteiger partial charge is 0.151 e. The summed E-state index contributed by atoms with van der Waals surface area (Å²) in [6.07, 6.45) is 2.48. The fourth-order valence-corrected chi connectivity index (χ4v) is 2.46. The van der Waals surface area contributed by atoms with E-state index in [-0.39, 0.29) is 6.10 Å². The molecule has 1 unspecified atom stereocenters. The van der Waals surface area contributed by atoms with Crippen molar-refractivity contribution in [1.29, 1.82) is 0 Å². The van der Waals surface area contributed by atoms with Crippen molar-refractivity contribution in [2.45, 2.75) is 18.9 Å². The Bertz CT molecular complexity index is 395. The van der Waals surface area contributed by atoms with E-state index < -0.39 is 0 Å². The van der Waals surface area contributed by atoms with Crippen LogP contribution in [0.3, 0.4) is 0 Å². The minimum absolute atomic E-state index is 0.238. The van der Waals surface area contributed by atoms with Crippen LogP contribution in [0.2, 0.25) is 0 Å². The van der Waals surface area contributed by atoms with Crippen LogP contribution in [0, 0.1) is 0 Å². The van der Waals surface area contributed by atoms with Crippen LogP contribution in [-0.4, -0.2) is 30.6 Å². The molecule has 2 rings (SSSR count). The van der Waals surface area contributed by atoms with Crippen molar-refractivity contribution in [2.75, 3.05) is 18.0 Å². The SMILES string of the molecule is O=Cc1ccc(N2CCCC(O)C2)cc1Br. The molecule has 1 aromatic rings. The number of benzene rings is 1. The number of aldehydes is 1. The maximum Gasteiger partial charge on any atom is 0.151 e. The Morgan fingerprint density at radius 3 is 2.94 bits per heavy atom. The molecule has 16 heavy (non-hydrogen) atoms. The molecule has 0 saturated carbocycles. The zero-order valence-corrected chi connectivity index (χ0v) is 10.5. The van der Waals surface area contributed by atoms with Crippen molar-refractivity contribution in [1.82, 2.24) is 0 Å². The Morgan fingerprint density at radius 2 is 2.31 bits per heavy atom. The predicted molar refractivity (Wildman–Crippen MR) is 67.0 cm³/mol. The number of piperidine rings is 1. The molecule has 0 aliphatic carbocycles. The first-order valence-electron chi connectivity index (χ1n) is 5.38. The number of halogens is 1. The summed E-state index contributed by atoms with van der Waals surface area (Å²) >= 11 is 3.37. The fourth-order valence-electron chi connectivity index (χ4n) is 2.00. The van der Waals surface area contributed by atoms with Gasteiger partial charge in [-0.2, -0.15) is 0 Å². The maximum atomic E-state index is 10.7. The van der Waals surface area contributed by atoms with Gasteiger partial charge in [0.2, 0.25) is 0 Å². The minimum atomic E-state index is -0.238. The molecule has 1 fully saturated rings. The molecule has 1 aliphatic rings. The van der Waals surface area contributed by atoms with E-state index in [0.717, 1.165) is 35.8 Å². The third-order valence-electron chi connectivity index (χ3n) is 2.87. The van der Waals surface area contributed by atoms with Crippen molar-refractivity contribution in [3.05, 3.63) is 28.2 Å².